The minimum atomic E-state index is 0.409. The number of methoxy groups -OCH3 is 1. The van der Waals surface area contributed by atoms with E-state index in [1.54, 1.807) is 7.11 Å². The van der Waals surface area contributed by atoms with Crippen LogP contribution in [-0.4, -0.2) is 63.0 Å². The molecular formula is C16H30N2O2. The Morgan fingerprint density at radius 3 is 2.85 bits per heavy atom. The van der Waals surface area contributed by atoms with E-state index in [0.29, 0.717) is 18.2 Å². The second-order valence-corrected chi connectivity index (χ2v) is 6.33. The van der Waals surface area contributed by atoms with Gasteiger partial charge in [-0.25, -0.2) is 0 Å². The number of nitrogens with one attached hydrogen (secondary N) is 1. The van der Waals surface area contributed by atoms with Gasteiger partial charge in [0.2, 0.25) is 0 Å². The zero-order valence-electron chi connectivity index (χ0n) is 13.2. The fourth-order valence-electron chi connectivity index (χ4n) is 2.96. The number of hydrogen-bond donors (Lipinski definition) is 1. The third kappa shape index (κ3) is 5.17. The Morgan fingerprint density at radius 1 is 1.40 bits per heavy atom. The van der Waals surface area contributed by atoms with Gasteiger partial charge in [-0.1, -0.05) is 19.9 Å². The Kier molecular flexibility index (Phi) is 6.49. The zero-order chi connectivity index (χ0) is 14.4. The first-order valence-electron chi connectivity index (χ1n) is 7.95. The van der Waals surface area contributed by atoms with E-state index in [4.69, 9.17) is 9.47 Å². The highest BCUT2D eigenvalue weighted by Gasteiger charge is 2.27. The summed E-state index contributed by atoms with van der Waals surface area (Å²) in [6, 6.07) is 0.545. The largest absolute Gasteiger partial charge is 0.380 e. The van der Waals surface area contributed by atoms with Gasteiger partial charge in [-0.2, -0.15) is 0 Å². The molecule has 0 aliphatic carbocycles. The molecule has 1 N–H and O–H groups in total. The van der Waals surface area contributed by atoms with Crippen LogP contribution in [0.15, 0.2) is 11.6 Å². The predicted octanol–water partition coefficient (Wildman–Crippen LogP) is 1.81. The van der Waals surface area contributed by atoms with Crippen molar-refractivity contribution in [3.05, 3.63) is 11.6 Å². The molecule has 2 heterocycles. The van der Waals surface area contributed by atoms with Gasteiger partial charge in [-0.3, -0.25) is 4.90 Å². The monoisotopic (exact) mass is 282 g/mol. The number of nitrogens with zero attached hydrogens (tertiary/aromatic N) is 1. The van der Waals surface area contributed by atoms with Gasteiger partial charge in [-0.15, -0.1) is 0 Å². The van der Waals surface area contributed by atoms with Gasteiger partial charge in [0.1, 0.15) is 0 Å². The molecule has 0 aromatic rings. The van der Waals surface area contributed by atoms with Crippen LogP contribution in [0.2, 0.25) is 0 Å². The van der Waals surface area contributed by atoms with E-state index < -0.39 is 0 Å². The van der Waals surface area contributed by atoms with Crippen molar-refractivity contribution < 1.29 is 9.47 Å². The lowest BCUT2D eigenvalue weighted by molar-refractivity contribution is 0.0238. The van der Waals surface area contributed by atoms with Gasteiger partial charge in [0.15, 0.2) is 0 Å². The van der Waals surface area contributed by atoms with Gasteiger partial charge < -0.3 is 14.8 Å². The topological polar surface area (TPSA) is 33.7 Å². The normalized spacial score (nSPS) is 28.1. The molecule has 4 nitrogen and oxygen atoms in total. The Balaban J connectivity index is 1.66. The first-order chi connectivity index (χ1) is 9.67. The zero-order valence-corrected chi connectivity index (χ0v) is 13.2. The summed E-state index contributed by atoms with van der Waals surface area (Å²) in [7, 11) is 1.77. The molecule has 0 bridgehead atoms. The van der Waals surface area contributed by atoms with Crippen LogP contribution in [0.4, 0.5) is 0 Å². The summed E-state index contributed by atoms with van der Waals surface area (Å²) in [6.45, 7) is 9.42. The highest BCUT2D eigenvalue weighted by atomic mass is 16.5. The van der Waals surface area contributed by atoms with Crippen LogP contribution >= 0.6 is 0 Å². The van der Waals surface area contributed by atoms with Gasteiger partial charge in [-0.05, 0) is 24.8 Å². The van der Waals surface area contributed by atoms with Crippen LogP contribution in [0, 0.1) is 0 Å². The van der Waals surface area contributed by atoms with Crippen LogP contribution < -0.4 is 5.32 Å². The summed E-state index contributed by atoms with van der Waals surface area (Å²) >= 11 is 0. The van der Waals surface area contributed by atoms with Crippen molar-refractivity contribution in [3.63, 3.8) is 0 Å². The summed E-state index contributed by atoms with van der Waals surface area (Å²) in [5.74, 6) is 0. The molecule has 2 rings (SSSR count). The third-order valence-corrected chi connectivity index (χ3v) is 4.13. The molecule has 2 aliphatic heterocycles. The smallest absolute Gasteiger partial charge is 0.0707 e. The summed E-state index contributed by atoms with van der Waals surface area (Å²) in [6.07, 6.45) is 6.69. The highest BCUT2D eigenvalue weighted by molar-refractivity contribution is 5.07. The lowest BCUT2D eigenvalue weighted by atomic mass is 10.1. The van der Waals surface area contributed by atoms with Crippen molar-refractivity contribution in [1.29, 1.82) is 0 Å². The van der Waals surface area contributed by atoms with Crippen molar-refractivity contribution in [1.82, 2.24) is 10.2 Å². The van der Waals surface area contributed by atoms with Gasteiger partial charge in [0.05, 0.1) is 18.8 Å². The Morgan fingerprint density at radius 2 is 2.20 bits per heavy atom. The van der Waals surface area contributed by atoms with E-state index in [1.807, 2.05) is 0 Å². The van der Waals surface area contributed by atoms with E-state index in [-0.39, 0.29) is 0 Å². The molecule has 0 spiro atoms. The molecule has 0 radical (unpaired) electrons. The molecule has 4 heteroatoms. The predicted molar refractivity (Wildman–Crippen MR) is 82.0 cm³/mol. The molecule has 0 amide bonds. The van der Waals surface area contributed by atoms with E-state index >= 15 is 0 Å². The second-order valence-electron chi connectivity index (χ2n) is 6.33. The molecule has 0 saturated carbocycles. The molecule has 116 valence electrons. The van der Waals surface area contributed by atoms with E-state index in [9.17, 15) is 0 Å². The molecule has 1 saturated heterocycles. The molecule has 0 aromatic heterocycles. The first-order valence-corrected chi connectivity index (χ1v) is 7.95. The van der Waals surface area contributed by atoms with E-state index in [0.717, 1.165) is 39.2 Å². The maximum absolute atomic E-state index is 6.14. The second kappa shape index (κ2) is 8.13. The fraction of sp³-hybridized carbons (Fsp3) is 0.875. The molecular weight excluding hydrogens is 252 g/mol. The molecule has 0 aromatic carbocycles. The van der Waals surface area contributed by atoms with Crippen LogP contribution in [0.1, 0.15) is 33.1 Å². The minimum absolute atomic E-state index is 0.409. The molecule has 20 heavy (non-hydrogen) atoms. The standard InChI is InChI=1S/C16H30N2O2/c1-13(2)17-10-15-4-5-16(20-15)11-18-8-6-14(7-9-18)12-19-3/h6,13,15-17H,4-5,7-12H2,1-3H3. The highest BCUT2D eigenvalue weighted by Crippen LogP contribution is 2.21. The summed E-state index contributed by atoms with van der Waals surface area (Å²) in [5.41, 5.74) is 1.44. The van der Waals surface area contributed by atoms with E-state index in [1.165, 1.54) is 18.4 Å². The summed E-state index contributed by atoms with van der Waals surface area (Å²) in [4.78, 5) is 2.50. The van der Waals surface area contributed by atoms with Crippen LogP contribution in [0.25, 0.3) is 0 Å². The number of rotatable bonds is 7. The Labute approximate surface area is 123 Å². The van der Waals surface area contributed by atoms with E-state index in [2.05, 4.69) is 30.1 Å². The molecule has 2 aliphatic rings. The maximum atomic E-state index is 6.14. The number of ether oxygens (including phenoxy) is 2. The summed E-state index contributed by atoms with van der Waals surface area (Å²) in [5, 5.41) is 3.47. The van der Waals surface area contributed by atoms with Gasteiger partial charge >= 0.3 is 0 Å². The fourth-order valence-corrected chi connectivity index (χ4v) is 2.96. The Bertz CT molecular complexity index is 318. The maximum Gasteiger partial charge on any atom is 0.0707 e. The molecule has 2 atom stereocenters. The third-order valence-electron chi connectivity index (χ3n) is 4.13. The Hall–Kier alpha value is -0.420. The summed E-state index contributed by atoms with van der Waals surface area (Å²) < 4.78 is 11.3. The lowest BCUT2D eigenvalue weighted by Crippen LogP contribution is -2.37. The van der Waals surface area contributed by atoms with Crippen LogP contribution in [0.3, 0.4) is 0 Å². The average molecular weight is 282 g/mol. The molecule has 1 fully saturated rings. The number of hydrogen-bond acceptors (Lipinski definition) is 4. The lowest BCUT2D eigenvalue weighted by Gasteiger charge is -2.28. The van der Waals surface area contributed by atoms with Crippen molar-refractivity contribution >= 4 is 0 Å². The van der Waals surface area contributed by atoms with Crippen molar-refractivity contribution in [3.8, 4) is 0 Å². The van der Waals surface area contributed by atoms with Gasteiger partial charge in [0, 0.05) is 39.3 Å². The quantitative estimate of drug-likeness (QED) is 0.722. The van der Waals surface area contributed by atoms with Gasteiger partial charge in [0.25, 0.3) is 0 Å². The average Bonchev–Trinajstić information content (AvgIpc) is 2.87. The van der Waals surface area contributed by atoms with Crippen molar-refractivity contribution in [2.75, 3.05) is 39.9 Å². The molecule has 2 unspecified atom stereocenters. The van der Waals surface area contributed by atoms with Crippen molar-refractivity contribution in [2.45, 2.75) is 51.4 Å². The van der Waals surface area contributed by atoms with Crippen LogP contribution in [-0.2, 0) is 9.47 Å². The van der Waals surface area contributed by atoms with Crippen LogP contribution in [0.5, 0.6) is 0 Å². The minimum Gasteiger partial charge on any atom is -0.380 e. The first kappa shape index (κ1) is 16.0. The van der Waals surface area contributed by atoms with Crippen molar-refractivity contribution in [2.24, 2.45) is 0 Å². The SMILES string of the molecule is COCC1=CCN(CC2CCC(CNC(C)C)O2)CC1.